The third-order valence-electron chi connectivity index (χ3n) is 11.3. The summed E-state index contributed by atoms with van der Waals surface area (Å²) in [5, 5.41) is 46.8. The molecule has 73 heavy (non-hydrogen) atoms. The number of carboxylic acids is 1. The molecule has 1 saturated heterocycles. The van der Waals surface area contributed by atoms with Crippen LogP contribution in [0.3, 0.4) is 0 Å². The number of halogens is 1. The summed E-state index contributed by atoms with van der Waals surface area (Å²) < 4.78 is 15.3. The Bertz CT molecular complexity index is 2030. The highest BCUT2D eigenvalue weighted by atomic mass is 19.1. The molecule has 1 aliphatic rings. The molecule has 9 atom stereocenters. The molecule has 0 radical (unpaired) electrons. The molecule has 24 N–H and O–H groups in total. The molecule has 1 aromatic rings. The standard InChI is InChI=1S/C43H75FN18O11/c1-23(56-40(70)34(32(63)18-48)61-36(66)26(49)8-2-4-12-45)35(65)54-20-33(64)57-28(10-6-14-47)41(71)62-21-24(44)16-31(62)39(69)60-30(17-25-19-52-22-55-25)38(68)58-27(9-3-5-13-46)37(67)59-29(42(72)73)11-7-15-53-43(50)51/h11,19,22-24,26-28,30-32,34,63H,2-10,12-18,20-21,45-49H2,1H3,(H,52,55)(H,54,65)(H,56,70)(H,57,64)(H,58,68)(H,59,67)(H,60,69)(H,61,66)(H,72,73)(H4,50,51,53)/b29-11-/t23-,24+,26-,27-,28+,30-,31-,32-,34-/m0/s1. The molecular weight excluding hydrogens is 964 g/mol. The Labute approximate surface area is 421 Å². The average molecular weight is 1040 g/mol. The van der Waals surface area contributed by atoms with E-state index in [0.29, 0.717) is 37.9 Å². The van der Waals surface area contributed by atoms with E-state index >= 15 is 4.39 Å². The number of unbranched alkanes of at least 4 members (excludes halogenated alkanes) is 2. The quantitative estimate of drug-likeness (QED) is 0.0132. The van der Waals surface area contributed by atoms with E-state index < -0.39 is 140 Å². The van der Waals surface area contributed by atoms with E-state index in [-0.39, 0.29) is 64.1 Å². The fourth-order valence-electron chi connectivity index (χ4n) is 7.33. The fourth-order valence-corrected chi connectivity index (χ4v) is 7.33. The Morgan fingerprint density at radius 1 is 0.836 bits per heavy atom. The highest BCUT2D eigenvalue weighted by molar-refractivity contribution is 5.99. The van der Waals surface area contributed by atoms with E-state index in [2.05, 4.69) is 52.5 Å². The number of amides is 8. The zero-order valence-electron chi connectivity index (χ0n) is 41.0. The van der Waals surface area contributed by atoms with Crippen molar-refractivity contribution in [1.82, 2.24) is 57.4 Å². The molecule has 8 amide bonds. The minimum atomic E-state index is -1.72. The van der Waals surface area contributed by atoms with Crippen LogP contribution in [0.4, 0.5) is 4.39 Å². The number of aromatic amines is 1. The van der Waals surface area contributed by atoms with E-state index in [1.54, 1.807) is 0 Å². The highest BCUT2D eigenvalue weighted by Crippen LogP contribution is 2.23. The molecule has 29 nitrogen and oxygen atoms in total. The Hall–Kier alpha value is -6.86. The van der Waals surface area contributed by atoms with Crippen molar-refractivity contribution in [2.75, 3.05) is 45.8 Å². The van der Waals surface area contributed by atoms with Crippen molar-refractivity contribution < 1.29 is 57.8 Å². The highest BCUT2D eigenvalue weighted by Gasteiger charge is 2.43. The summed E-state index contributed by atoms with van der Waals surface area (Å²) in [5.74, 6) is -9.02. The number of nitrogens with zero attached hydrogens (tertiary/aromatic N) is 2. The summed E-state index contributed by atoms with van der Waals surface area (Å²) in [5.41, 5.74) is 33.4. The first-order valence-electron chi connectivity index (χ1n) is 23.9. The maximum Gasteiger partial charge on any atom is 0.352 e. The monoisotopic (exact) mass is 1040 g/mol. The molecule has 0 aliphatic carbocycles. The fraction of sp³-hybridized carbons (Fsp3) is 0.651. The number of H-pyrrole nitrogens is 1. The normalized spacial score (nSPS) is 17.3. The minimum absolute atomic E-state index is 0.00379. The number of aliphatic hydroxyl groups is 1. The van der Waals surface area contributed by atoms with Gasteiger partial charge in [-0.3, -0.25) is 43.8 Å². The first kappa shape index (κ1) is 62.3. The smallest absolute Gasteiger partial charge is 0.352 e. The van der Waals surface area contributed by atoms with E-state index in [1.165, 1.54) is 25.5 Å². The average Bonchev–Trinajstić information content (AvgIpc) is 4.02. The van der Waals surface area contributed by atoms with Crippen LogP contribution < -0.4 is 76.9 Å². The first-order valence-corrected chi connectivity index (χ1v) is 23.9. The Morgan fingerprint density at radius 2 is 1.49 bits per heavy atom. The number of aliphatic hydroxyl groups excluding tert-OH is 1. The van der Waals surface area contributed by atoms with Crippen molar-refractivity contribution in [3.05, 3.63) is 30.0 Å². The number of hydrogen-bond donors (Lipinski definition) is 18. The van der Waals surface area contributed by atoms with Gasteiger partial charge in [0.1, 0.15) is 48.1 Å². The number of aromatic nitrogens is 2. The van der Waals surface area contributed by atoms with E-state index in [9.17, 15) is 53.4 Å². The van der Waals surface area contributed by atoms with Gasteiger partial charge in [-0.15, -0.1) is 0 Å². The SMILES string of the molecule is C[C@H](NC(=O)[C@@H](NC(=O)[C@@H](N)CCCCN)[C@@H](O)CN)C(=O)NCC(=O)N[C@H](CCCN)C(=O)N1C[C@H](F)C[C@H]1C(=O)N[C@@H](Cc1cnc[nH]1)C(=O)N[C@@H](CCCCN)C(=O)N/C(=C\CCNC(=N)N)C(=O)O. The van der Waals surface area contributed by atoms with E-state index in [4.69, 9.17) is 39.8 Å². The molecule has 1 aliphatic heterocycles. The van der Waals surface area contributed by atoms with Crippen LogP contribution in [0, 0.1) is 5.41 Å². The molecule has 2 heterocycles. The van der Waals surface area contributed by atoms with Gasteiger partial charge in [-0.1, -0.05) is 12.5 Å². The lowest BCUT2D eigenvalue weighted by atomic mass is 10.1. The zero-order valence-corrected chi connectivity index (χ0v) is 41.0. The number of alkyl halides is 1. The number of carboxylic acid groups (broad SMARTS) is 1. The third-order valence-corrected chi connectivity index (χ3v) is 11.3. The minimum Gasteiger partial charge on any atom is -0.477 e. The van der Waals surface area contributed by atoms with Crippen LogP contribution in [0.2, 0.25) is 0 Å². The van der Waals surface area contributed by atoms with E-state index in [0.717, 1.165) is 4.90 Å². The lowest BCUT2D eigenvalue weighted by Crippen LogP contribution is -2.60. The van der Waals surface area contributed by atoms with Gasteiger partial charge in [0, 0.05) is 37.8 Å². The molecule has 0 unspecified atom stereocenters. The van der Waals surface area contributed by atoms with Crippen LogP contribution in [-0.2, 0) is 49.6 Å². The molecule has 0 spiro atoms. The molecule has 410 valence electrons. The number of nitrogens with one attached hydrogen (secondary N) is 10. The van der Waals surface area contributed by atoms with Gasteiger partial charge in [0.15, 0.2) is 5.96 Å². The summed E-state index contributed by atoms with van der Waals surface area (Å²) in [6.07, 6.45) is 2.13. The first-order chi connectivity index (χ1) is 34.7. The van der Waals surface area contributed by atoms with Crippen LogP contribution in [0.15, 0.2) is 24.3 Å². The lowest BCUT2D eigenvalue weighted by Gasteiger charge is -2.30. The predicted molar refractivity (Wildman–Crippen MR) is 261 cm³/mol. The number of carbonyl (C=O) groups excluding carboxylic acids is 8. The van der Waals surface area contributed by atoms with Crippen molar-refractivity contribution in [3.63, 3.8) is 0 Å². The summed E-state index contributed by atoms with van der Waals surface area (Å²) in [4.78, 5) is 127. The predicted octanol–water partition coefficient (Wildman–Crippen LogP) is -6.95. The maximum atomic E-state index is 15.3. The number of imidazole rings is 1. The number of guanidine groups is 1. The van der Waals surface area contributed by atoms with Crippen LogP contribution in [0.1, 0.15) is 76.8 Å². The van der Waals surface area contributed by atoms with Gasteiger partial charge in [0.2, 0.25) is 47.3 Å². The van der Waals surface area contributed by atoms with Crippen LogP contribution in [0.5, 0.6) is 0 Å². The van der Waals surface area contributed by atoms with Crippen LogP contribution in [-0.4, -0.2) is 185 Å². The van der Waals surface area contributed by atoms with Gasteiger partial charge < -0.3 is 97.0 Å². The van der Waals surface area contributed by atoms with Crippen LogP contribution in [0.25, 0.3) is 0 Å². The van der Waals surface area contributed by atoms with Gasteiger partial charge >= 0.3 is 5.97 Å². The van der Waals surface area contributed by atoms with Crippen molar-refractivity contribution >= 4 is 59.2 Å². The number of carbonyl (C=O) groups is 9. The van der Waals surface area contributed by atoms with Crippen molar-refractivity contribution in [2.24, 2.45) is 34.4 Å². The summed E-state index contributed by atoms with van der Waals surface area (Å²) in [6.45, 7) is 0.282. The number of nitrogens with two attached hydrogens (primary N) is 6. The Kier molecular flexibility index (Phi) is 28.1. The maximum absolute atomic E-state index is 15.3. The molecule has 0 bridgehead atoms. The number of rotatable bonds is 34. The second-order valence-corrected chi connectivity index (χ2v) is 17.2. The number of likely N-dealkylation sites (tertiary alicyclic amines) is 1. The molecule has 2 rings (SSSR count). The second kappa shape index (κ2) is 33.0. The Morgan fingerprint density at radius 3 is 2.10 bits per heavy atom. The third kappa shape index (κ3) is 22.2. The topological polar surface area (TPSA) is 502 Å². The number of aliphatic carboxylic acids is 1. The number of hydrogen-bond acceptors (Lipinski definition) is 17. The zero-order chi connectivity index (χ0) is 54.6. The lowest BCUT2D eigenvalue weighted by molar-refractivity contribution is -0.142. The van der Waals surface area contributed by atoms with Gasteiger partial charge in [0.05, 0.1) is 31.6 Å². The molecule has 1 aromatic heterocycles. The van der Waals surface area contributed by atoms with Crippen LogP contribution >= 0.6 is 0 Å². The summed E-state index contributed by atoms with van der Waals surface area (Å²) >= 11 is 0. The van der Waals surface area contributed by atoms with Gasteiger partial charge in [0.25, 0.3) is 0 Å². The molecule has 30 heteroatoms. The molecular formula is C43H75FN18O11. The second-order valence-electron chi connectivity index (χ2n) is 17.2. The van der Waals surface area contributed by atoms with Gasteiger partial charge in [-0.25, -0.2) is 14.2 Å². The van der Waals surface area contributed by atoms with Gasteiger partial charge in [-0.05, 0) is 77.9 Å². The summed E-state index contributed by atoms with van der Waals surface area (Å²) in [6, 6.07) is -9.67. The van der Waals surface area contributed by atoms with Crippen molar-refractivity contribution in [3.8, 4) is 0 Å². The van der Waals surface area contributed by atoms with Crippen molar-refractivity contribution in [2.45, 2.75) is 132 Å². The van der Waals surface area contributed by atoms with Gasteiger partial charge in [-0.2, -0.15) is 0 Å². The van der Waals surface area contributed by atoms with Crippen molar-refractivity contribution in [1.29, 1.82) is 5.41 Å². The van der Waals surface area contributed by atoms with E-state index in [1.807, 2.05) is 0 Å². The molecule has 0 aromatic carbocycles. The molecule has 0 saturated carbocycles. The largest absolute Gasteiger partial charge is 0.477 e. The summed E-state index contributed by atoms with van der Waals surface area (Å²) in [7, 11) is 0. The Balaban J connectivity index is 2.23. The molecule has 1 fully saturated rings.